The Labute approximate surface area is 135 Å². The standard InChI is InChI=1S/C16H10BrClN2O/c17-13-4-3-10-7-12(2-1-11(10)8-13)16(21)20-15-6-5-14(18)9-19-15/h1-9H,(H,19,20,21). The van der Waals surface area contributed by atoms with E-state index < -0.39 is 0 Å². The van der Waals surface area contributed by atoms with E-state index in [-0.39, 0.29) is 5.91 Å². The van der Waals surface area contributed by atoms with E-state index in [4.69, 9.17) is 11.6 Å². The fourth-order valence-electron chi connectivity index (χ4n) is 2.00. The highest BCUT2D eigenvalue weighted by Gasteiger charge is 2.07. The first kappa shape index (κ1) is 14.0. The van der Waals surface area contributed by atoms with Crippen LogP contribution in [0.15, 0.2) is 59.2 Å². The Kier molecular flexibility index (Phi) is 3.90. The van der Waals surface area contributed by atoms with Gasteiger partial charge in [-0.15, -0.1) is 0 Å². The number of nitrogens with zero attached hydrogens (tertiary/aromatic N) is 1. The van der Waals surface area contributed by atoms with Gasteiger partial charge in [0.1, 0.15) is 5.82 Å². The van der Waals surface area contributed by atoms with Crippen molar-refractivity contribution in [3.05, 3.63) is 69.8 Å². The third-order valence-electron chi connectivity index (χ3n) is 3.03. The predicted molar refractivity (Wildman–Crippen MR) is 88.8 cm³/mol. The topological polar surface area (TPSA) is 42.0 Å². The molecule has 1 heterocycles. The van der Waals surface area contributed by atoms with Gasteiger partial charge < -0.3 is 5.32 Å². The normalized spacial score (nSPS) is 10.6. The maximum absolute atomic E-state index is 12.2. The predicted octanol–water partition coefficient (Wildman–Crippen LogP) is 4.90. The molecule has 3 rings (SSSR count). The Bertz CT molecular complexity index is 818. The van der Waals surface area contributed by atoms with Gasteiger partial charge in [-0.1, -0.05) is 39.7 Å². The van der Waals surface area contributed by atoms with Crippen molar-refractivity contribution in [1.82, 2.24) is 4.98 Å². The SMILES string of the molecule is O=C(Nc1ccc(Cl)cn1)c1ccc2cc(Br)ccc2c1. The van der Waals surface area contributed by atoms with Crippen molar-refractivity contribution in [1.29, 1.82) is 0 Å². The summed E-state index contributed by atoms with van der Waals surface area (Å²) in [7, 11) is 0. The number of carbonyl (C=O) groups excluding carboxylic acids is 1. The quantitative estimate of drug-likeness (QED) is 0.705. The number of halogens is 2. The molecule has 3 nitrogen and oxygen atoms in total. The molecule has 2 aromatic carbocycles. The molecule has 0 aliphatic rings. The smallest absolute Gasteiger partial charge is 0.256 e. The zero-order valence-corrected chi connectivity index (χ0v) is 13.1. The summed E-state index contributed by atoms with van der Waals surface area (Å²) >= 11 is 9.20. The Hall–Kier alpha value is -1.91. The summed E-state index contributed by atoms with van der Waals surface area (Å²) in [5, 5.41) is 5.36. The maximum Gasteiger partial charge on any atom is 0.256 e. The van der Waals surface area contributed by atoms with E-state index in [0.29, 0.717) is 16.4 Å². The Balaban J connectivity index is 1.87. The molecule has 0 fully saturated rings. The van der Waals surface area contributed by atoms with Crippen LogP contribution in [0.4, 0.5) is 5.82 Å². The van der Waals surface area contributed by atoms with E-state index in [9.17, 15) is 4.79 Å². The number of rotatable bonds is 2. The lowest BCUT2D eigenvalue weighted by Crippen LogP contribution is -2.12. The zero-order valence-electron chi connectivity index (χ0n) is 10.8. The molecule has 1 aromatic heterocycles. The molecule has 3 aromatic rings. The van der Waals surface area contributed by atoms with E-state index in [1.165, 1.54) is 6.20 Å². The molecular formula is C16H10BrClN2O. The summed E-state index contributed by atoms with van der Waals surface area (Å²) in [6.45, 7) is 0. The van der Waals surface area contributed by atoms with E-state index in [2.05, 4.69) is 26.2 Å². The number of anilines is 1. The number of carbonyl (C=O) groups is 1. The summed E-state index contributed by atoms with van der Waals surface area (Å²) in [4.78, 5) is 16.3. The molecule has 0 saturated heterocycles. The molecule has 0 atom stereocenters. The van der Waals surface area contributed by atoms with Crippen LogP contribution in [0.5, 0.6) is 0 Å². The van der Waals surface area contributed by atoms with Gasteiger partial charge in [0.2, 0.25) is 0 Å². The summed E-state index contributed by atoms with van der Waals surface area (Å²) in [6, 6.07) is 14.8. The average Bonchev–Trinajstić information content (AvgIpc) is 2.49. The molecule has 1 N–H and O–H groups in total. The minimum Gasteiger partial charge on any atom is -0.307 e. The van der Waals surface area contributed by atoms with Crippen LogP contribution in [-0.2, 0) is 0 Å². The third-order valence-corrected chi connectivity index (χ3v) is 3.75. The molecule has 0 radical (unpaired) electrons. The first-order valence-corrected chi connectivity index (χ1v) is 7.41. The summed E-state index contributed by atoms with van der Waals surface area (Å²) in [5.74, 6) is 0.273. The van der Waals surface area contributed by atoms with Crippen LogP contribution in [0.3, 0.4) is 0 Å². The van der Waals surface area contributed by atoms with Crippen LogP contribution < -0.4 is 5.32 Å². The third kappa shape index (κ3) is 3.23. The van der Waals surface area contributed by atoms with Gasteiger partial charge in [-0.2, -0.15) is 0 Å². The van der Waals surface area contributed by atoms with Gasteiger partial charge in [-0.25, -0.2) is 4.98 Å². The van der Waals surface area contributed by atoms with Crippen LogP contribution in [0.25, 0.3) is 10.8 Å². The second kappa shape index (κ2) is 5.84. The van der Waals surface area contributed by atoms with Crippen LogP contribution >= 0.6 is 27.5 Å². The van der Waals surface area contributed by atoms with Crippen molar-refractivity contribution in [2.24, 2.45) is 0 Å². The van der Waals surface area contributed by atoms with E-state index in [1.807, 2.05) is 30.3 Å². The first-order valence-electron chi connectivity index (χ1n) is 6.24. The number of nitrogens with one attached hydrogen (secondary N) is 1. The van der Waals surface area contributed by atoms with E-state index >= 15 is 0 Å². The fourth-order valence-corrected chi connectivity index (χ4v) is 2.49. The van der Waals surface area contributed by atoms with Crippen molar-refractivity contribution < 1.29 is 4.79 Å². The van der Waals surface area contributed by atoms with E-state index in [1.54, 1.807) is 18.2 Å². The zero-order chi connectivity index (χ0) is 14.8. The van der Waals surface area contributed by atoms with Gasteiger partial charge in [0.05, 0.1) is 5.02 Å². The number of aromatic nitrogens is 1. The average molecular weight is 362 g/mol. The van der Waals surface area contributed by atoms with Gasteiger partial charge in [0.25, 0.3) is 5.91 Å². The Morgan fingerprint density at radius 3 is 2.57 bits per heavy atom. The molecule has 104 valence electrons. The summed E-state index contributed by atoms with van der Waals surface area (Å²) in [5.41, 5.74) is 0.585. The molecule has 0 bridgehead atoms. The van der Waals surface area contributed by atoms with Gasteiger partial charge in [-0.05, 0) is 47.2 Å². The molecule has 0 aliphatic carbocycles. The van der Waals surface area contributed by atoms with Crippen molar-refractivity contribution in [2.75, 3.05) is 5.32 Å². The highest BCUT2D eigenvalue weighted by molar-refractivity contribution is 9.10. The van der Waals surface area contributed by atoms with Crippen molar-refractivity contribution in [3.8, 4) is 0 Å². The van der Waals surface area contributed by atoms with Gasteiger partial charge in [-0.3, -0.25) is 4.79 Å². The lowest BCUT2D eigenvalue weighted by Gasteiger charge is -2.06. The van der Waals surface area contributed by atoms with Crippen molar-refractivity contribution in [3.63, 3.8) is 0 Å². The van der Waals surface area contributed by atoms with Gasteiger partial charge >= 0.3 is 0 Å². The molecule has 5 heteroatoms. The van der Waals surface area contributed by atoms with Crippen LogP contribution in [0.1, 0.15) is 10.4 Å². The van der Waals surface area contributed by atoms with Crippen molar-refractivity contribution >= 4 is 50.0 Å². The number of fused-ring (bicyclic) bond motifs is 1. The van der Waals surface area contributed by atoms with Crippen LogP contribution in [0.2, 0.25) is 5.02 Å². The maximum atomic E-state index is 12.2. The van der Waals surface area contributed by atoms with Crippen molar-refractivity contribution in [2.45, 2.75) is 0 Å². The second-order valence-electron chi connectivity index (χ2n) is 4.52. The number of hydrogen-bond donors (Lipinski definition) is 1. The minimum atomic E-state index is -0.199. The molecule has 0 saturated carbocycles. The van der Waals surface area contributed by atoms with Gasteiger partial charge in [0, 0.05) is 16.2 Å². The van der Waals surface area contributed by atoms with Crippen LogP contribution in [0, 0.1) is 0 Å². The lowest BCUT2D eigenvalue weighted by atomic mass is 10.1. The first-order chi connectivity index (χ1) is 10.1. The molecular weight excluding hydrogens is 352 g/mol. The molecule has 1 amide bonds. The van der Waals surface area contributed by atoms with Crippen LogP contribution in [-0.4, -0.2) is 10.9 Å². The molecule has 0 unspecified atom stereocenters. The lowest BCUT2D eigenvalue weighted by molar-refractivity contribution is 0.102. The summed E-state index contributed by atoms with van der Waals surface area (Å²) < 4.78 is 1.01. The Morgan fingerprint density at radius 1 is 1.05 bits per heavy atom. The number of amides is 1. The molecule has 0 aliphatic heterocycles. The fraction of sp³-hybridized carbons (Fsp3) is 0. The number of benzene rings is 2. The summed E-state index contributed by atoms with van der Waals surface area (Å²) in [6.07, 6.45) is 1.50. The largest absolute Gasteiger partial charge is 0.307 e. The highest BCUT2D eigenvalue weighted by atomic mass is 79.9. The monoisotopic (exact) mass is 360 g/mol. The van der Waals surface area contributed by atoms with E-state index in [0.717, 1.165) is 15.2 Å². The second-order valence-corrected chi connectivity index (χ2v) is 5.87. The molecule has 21 heavy (non-hydrogen) atoms. The number of pyridine rings is 1. The Morgan fingerprint density at radius 2 is 1.81 bits per heavy atom. The number of hydrogen-bond acceptors (Lipinski definition) is 2. The highest BCUT2D eigenvalue weighted by Crippen LogP contribution is 2.21. The minimum absolute atomic E-state index is 0.199. The molecule has 0 spiro atoms. The van der Waals surface area contributed by atoms with Gasteiger partial charge in [0.15, 0.2) is 0 Å².